The molecule has 166 valence electrons. The number of fused-ring (bicyclic) bond motifs is 1. The molecule has 0 aliphatic heterocycles. The quantitative estimate of drug-likeness (QED) is 0.332. The maximum atomic E-state index is 12.4. The van der Waals surface area contributed by atoms with E-state index in [9.17, 15) is 14.4 Å². The molecule has 0 saturated heterocycles. The molecule has 0 fully saturated rings. The zero-order valence-electron chi connectivity index (χ0n) is 18.1. The molecule has 0 bridgehead atoms. The van der Waals surface area contributed by atoms with Crippen molar-refractivity contribution >= 4 is 29.0 Å². The van der Waals surface area contributed by atoms with Crippen molar-refractivity contribution < 1.29 is 23.9 Å². The highest BCUT2D eigenvalue weighted by Gasteiger charge is 2.10. The first-order chi connectivity index (χ1) is 15.4. The van der Waals surface area contributed by atoms with Gasteiger partial charge in [-0.1, -0.05) is 0 Å². The first-order valence-corrected chi connectivity index (χ1v) is 10.1. The van der Waals surface area contributed by atoms with Crippen LogP contribution in [-0.4, -0.2) is 47.6 Å². The monoisotopic (exact) mass is 436 g/mol. The number of rotatable bonds is 7. The van der Waals surface area contributed by atoms with Gasteiger partial charge in [-0.25, -0.2) is 14.8 Å². The molecule has 1 heterocycles. The van der Waals surface area contributed by atoms with Gasteiger partial charge in [-0.15, -0.1) is 0 Å². The van der Waals surface area contributed by atoms with Crippen molar-refractivity contribution in [3.05, 3.63) is 65.0 Å². The first-order valence-electron chi connectivity index (χ1n) is 10.1. The van der Waals surface area contributed by atoms with Crippen molar-refractivity contribution in [2.24, 2.45) is 0 Å². The molecule has 0 unspecified atom stereocenters. The van der Waals surface area contributed by atoms with Gasteiger partial charge in [0.15, 0.2) is 0 Å². The second-order valence-corrected chi connectivity index (χ2v) is 6.92. The van der Waals surface area contributed by atoms with Crippen LogP contribution in [0.4, 0.5) is 4.79 Å². The van der Waals surface area contributed by atoms with Gasteiger partial charge in [-0.05, 0) is 63.2 Å². The summed E-state index contributed by atoms with van der Waals surface area (Å²) in [6.45, 7) is 6.16. The normalized spacial score (nSPS) is 10.5. The second-order valence-electron chi connectivity index (χ2n) is 6.92. The van der Waals surface area contributed by atoms with Gasteiger partial charge in [0.1, 0.15) is 5.75 Å². The van der Waals surface area contributed by atoms with E-state index in [4.69, 9.17) is 4.74 Å². The smallest absolute Gasteiger partial charge is 0.434 e. The van der Waals surface area contributed by atoms with E-state index < -0.39 is 6.16 Å². The predicted molar refractivity (Wildman–Crippen MR) is 118 cm³/mol. The van der Waals surface area contributed by atoms with E-state index in [2.05, 4.69) is 25.3 Å². The number of amides is 2. The summed E-state index contributed by atoms with van der Waals surface area (Å²) in [4.78, 5) is 44.8. The zero-order valence-corrected chi connectivity index (χ0v) is 18.1. The van der Waals surface area contributed by atoms with Crippen LogP contribution in [0.3, 0.4) is 0 Å². The molecular formula is C23H24N4O5. The van der Waals surface area contributed by atoms with Crippen LogP contribution < -0.4 is 15.4 Å². The van der Waals surface area contributed by atoms with Crippen molar-refractivity contribution in [3.63, 3.8) is 0 Å². The molecule has 2 N–H and O–H groups in total. The van der Waals surface area contributed by atoms with E-state index in [1.54, 1.807) is 25.1 Å². The fourth-order valence-electron chi connectivity index (χ4n) is 2.85. The highest BCUT2D eigenvalue weighted by molar-refractivity contribution is 5.97. The number of aromatic nitrogens is 2. The highest BCUT2D eigenvalue weighted by Crippen LogP contribution is 2.15. The highest BCUT2D eigenvalue weighted by atomic mass is 16.7. The molecule has 0 spiro atoms. The maximum absolute atomic E-state index is 12.4. The van der Waals surface area contributed by atoms with Gasteiger partial charge in [0, 0.05) is 24.2 Å². The topological polar surface area (TPSA) is 120 Å². The third-order valence-corrected chi connectivity index (χ3v) is 4.61. The van der Waals surface area contributed by atoms with Crippen LogP contribution in [0, 0.1) is 13.8 Å². The Kier molecular flexibility index (Phi) is 7.33. The Morgan fingerprint density at radius 3 is 2.00 bits per heavy atom. The van der Waals surface area contributed by atoms with E-state index in [1.165, 1.54) is 24.3 Å². The first kappa shape index (κ1) is 22.7. The van der Waals surface area contributed by atoms with Gasteiger partial charge in [-0.2, -0.15) is 0 Å². The van der Waals surface area contributed by atoms with Crippen LogP contribution in [-0.2, 0) is 4.74 Å². The standard InChI is InChI=1S/C23H24N4O5/c1-4-31-23(30)32-18-8-5-16(6-9-18)21(28)24-11-12-25-22(29)17-7-10-19-20(13-17)27-15(3)14(2)26-19/h5-10,13H,4,11-12H2,1-3H3,(H,24,28)(H,25,29). The lowest BCUT2D eigenvalue weighted by molar-refractivity contribution is 0.0927. The lowest BCUT2D eigenvalue weighted by atomic mass is 10.1. The molecule has 3 aromatic rings. The Balaban J connectivity index is 1.47. The third-order valence-electron chi connectivity index (χ3n) is 4.61. The number of benzene rings is 2. The van der Waals surface area contributed by atoms with E-state index in [0.717, 1.165) is 16.9 Å². The lowest BCUT2D eigenvalue weighted by Gasteiger charge is -2.09. The molecule has 2 aromatic carbocycles. The van der Waals surface area contributed by atoms with Gasteiger partial charge in [0.2, 0.25) is 0 Å². The zero-order chi connectivity index (χ0) is 23.1. The van der Waals surface area contributed by atoms with Crippen molar-refractivity contribution in [2.45, 2.75) is 20.8 Å². The summed E-state index contributed by atoms with van der Waals surface area (Å²) in [7, 11) is 0. The molecule has 3 rings (SSSR count). The molecule has 32 heavy (non-hydrogen) atoms. The molecule has 9 heteroatoms. The van der Waals surface area contributed by atoms with Crippen LogP contribution in [0.25, 0.3) is 11.0 Å². The largest absolute Gasteiger partial charge is 0.513 e. The summed E-state index contributed by atoms with van der Waals surface area (Å²) >= 11 is 0. The average molecular weight is 436 g/mol. The van der Waals surface area contributed by atoms with E-state index in [1.807, 2.05) is 13.8 Å². The van der Waals surface area contributed by atoms with Crippen molar-refractivity contribution in [1.29, 1.82) is 0 Å². The number of carbonyl (C=O) groups is 3. The summed E-state index contributed by atoms with van der Waals surface area (Å²) < 4.78 is 9.64. The van der Waals surface area contributed by atoms with Crippen LogP contribution in [0.15, 0.2) is 42.5 Å². The van der Waals surface area contributed by atoms with Gasteiger partial charge >= 0.3 is 6.16 Å². The number of ether oxygens (including phenoxy) is 2. The number of hydrogen-bond donors (Lipinski definition) is 2. The average Bonchev–Trinajstić information content (AvgIpc) is 2.77. The maximum Gasteiger partial charge on any atom is 0.513 e. The molecule has 1 aromatic heterocycles. The summed E-state index contributed by atoms with van der Waals surface area (Å²) in [6.07, 6.45) is -0.802. The van der Waals surface area contributed by atoms with Crippen molar-refractivity contribution in [1.82, 2.24) is 20.6 Å². The Hall–Kier alpha value is -4.01. The summed E-state index contributed by atoms with van der Waals surface area (Å²) in [5.41, 5.74) is 3.93. The molecule has 0 saturated carbocycles. The van der Waals surface area contributed by atoms with Crippen LogP contribution in [0.5, 0.6) is 5.75 Å². The molecule has 0 radical (unpaired) electrons. The number of carbonyl (C=O) groups excluding carboxylic acids is 3. The summed E-state index contributed by atoms with van der Waals surface area (Å²) in [5, 5.41) is 5.49. The molecule has 0 aliphatic carbocycles. The third kappa shape index (κ3) is 5.78. The number of hydrogen-bond acceptors (Lipinski definition) is 7. The fourth-order valence-corrected chi connectivity index (χ4v) is 2.85. The lowest BCUT2D eigenvalue weighted by Crippen LogP contribution is -2.34. The molecular weight excluding hydrogens is 412 g/mol. The minimum atomic E-state index is -0.802. The number of nitrogens with one attached hydrogen (secondary N) is 2. The fraction of sp³-hybridized carbons (Fsp3) is 0.261. The van der Waals surface area contributed by atoms with Gasteiger partial charge in [-0.3, -0.25) is 9.59 Å². The molecule has 9 nitrogen and oxygen atoms in total. The second kappa shape index (κ2) is 10.3. The van der Waals surface area contributed by atoms with E-state index in [-0.39, 0.29) is 37.3 Å². The Bertz CT molecular complexity index is 1150. The molecule has 2 amide bonds. The van der Waals surface area contributed by atoms with Crippen LogP contribution >= 0.6 is 0 Å². The van der Waals surface area contributed by atoms with E-state index >= 15 is 0 Å². The van der Waals surface area contributed by atoms with Crippen molar-refractivity contribution in [3.8, 4) is 5.75 Å². The Morgan fingerprint density at radius 1 is 0.812 bits per heavy atom. The minimum Gasteiger partial charge on any atom is -0.434 e. The summed E-state index contributed by atoms with van der Waals surface area (Å²) in [5.74, 6) is -0.298. The Labute approximate surface area is 185 Å². The molecule has 0 atom stereocenters. The summed E-state index contributed by atoms with van der Waals surface area (Å²) in [6, 6.07) is 11.2. The SMILES string of the molecule is CCOC(=O)Oc1ccc(C(=O)NCCNC(=O)c2ccc3nc(C)c(C)nc3c2)cc1. The number of nitrogens with zero attached hydrogens (tertiary/aromatic N) is 2. The van der Waals surface area contributed by atoms with Crippen molar-refractivity contribution in [2.75, 3.05) is 19.7 Å². The molecule has 0 aliphatic rings. The number of aryl methyl sites for hydroxylation is 2. The Morgan fingerprint density at radius 2 is 1.38 bits per heavy atom. The van der Waals surface area contributed by atoms with Crippen LogP contribution in [0.2, 0.25) is 0 Å². The van der Waals surface area contributed by atoms with Gasteiger partial charge < -0.3 is 20.1 Å². The van der Waals surface area contributed by atoms with Gasteiger partial charge in [0.25, 0.3) is 11.8 Å². The van der Waals surface area contributed by atoms with E-state index in [0.29, 0.717) is 16.6 Å². The predicted octanol–water partition coefficient (Wildman–Crippen LogP) is 2.94. The van der Waals surface area contributed by atoms with Gasteiger partial charge in [0.05, 0.1) is 29.0 Å². The van der Waals surface area contributed by atoms with Crippen LogP contribution in [0.1, 0.15) is 39.0 Å². The minimum absolute atomic E-state index is 0.212.